The van der Waals surface area contributed by atoms with E-state index in [-0.39, 0.29) is 0 Å². The molecule has 0 saturated heterocycles. The number of aliphatic carboxylic acids is 1. The smallest absolute Gasteiger partial charge is 0.320 e. The number of benzene rings is 1. The standard InChI is InChI=1S/C13H18ClNO2/c1-9(2)7-12(13(16)17)15-8-10-5-3-4-6-11(10)14/h3-6,9,12,15H,7-8H2,1-2H3,(H,16,17)/t12-/m1/s1. The maximum Gasteiger partial charge on any atom is 0.320 e. The van der Waals surface area contributed by atoms with Gasteiger partial charge in [-0.1, -0.05) is 43.6 Å². The molecule has 0 spiro atoms. The lowest BCUT2D eigenvalue weighted by atomic mass is 10.0. The fourth-order valence-electron chi connectivity index (χ4n) is 1.62. The van der Waals surface area contributed by atoms with Crippen molar-refractivity contribution in [2.24, 2.45) is 5.92 Å². The van der Waals surface area contributed by atoms with E-state index in [1.807, 2.05) is 32.0 Å². The van der Waals surface area contributed by atoms with Gasteiger partial charge in [-0.15, -0.1) is 0 Å². The van der Waals surface area contributed by atoms with Crippen LogP contribution < -0.4 is 5.32 Å². The van der Waals surface area contributed by atoms with Crippen LogP contribution in [-0.4, -0.2) is 17.1 Å². The summed E-state index contributed by atoms with van der Waals surface area (Å²) in [5.74, 6) is -0.472. The van der Waals surface area contributed by atoms with Crippen molar-refractivity contribution in [1.29, 1.82) is 0 Å². The Morgan fingerprint density at radius 2 is 2.06 bits per heavy atom. The van der Waals surface area contributed by atoms with E-state index in [9.17, 15) is 4.79 Å². The molecule has 0 radical (unpaired) electrons. The first kappa shape index (κ1) is 14.0. The molecule has 0 aliphatic carbocycles. The molecule has 0 bridgehead atoms. The van der Waals surface area contributed by atoms with Gasteiger partial charge in [-0.2, -0.15) is 0 Å². The van der Waals surface area contributed by atoms with Crippen molar-refractivity contribution in [2.45, 2.75) is 32.9 Å². The minimum Gasteiger partial charge on any atom is -0.480 e. The lowest BCUT2D eigenvalue weighted by molar-refractivity contribution is -0.140. The summed E-state index contributed by atoms with van der Waals surface area (Å²) in [5.41, 5.74) is 0.921. The van der Waals surface area contributed by atoms with Gasteiger partial charge in [0.15, 0.2) is 0 Å². The van der Waals surface area contributed by atoms with E-state index >= 15 is 0 Å². The van der Waals surface area contributed by atoms with Crippen molar-refractivity contribution in [1.82, 2.24) is 5.32 Å². The summed E-state index contributed by atoms with van der Waals surface area (Å²) in [7, 11) is 0. The van der Waals surface area contributed by atoms with Gasteiger partial charge in [0.1, 0.15) is 6.04 Å². The molecule has 1 aromatic rings. The predicted octanol–water partition coefficient (Wildman–Crippen LogP) is 2.93. The normalized spacial score (nSPS) is 12.7. The Morgan fingerprint density at radius 3 is 2.59 bits per heavy atom. The summed E-state index contributed by atoms with van der Waals surface area (Å²) in [6, 6.07) is 6.92. The zero-order chi connectivity index (χ0) is 12.8. The Hall–Kier alpha value is -1.06. The molecule has 2 N–H and O–H groups in total. The van der Waals surface area contributed by atoms with Gasteiger partial charge in [0.2, 0.25) is 0 Å². The Morgan fingerprint density at radius 1 is 1.41 bits per heavy atom. The molecule has 0 aliphatic rings. The van der Waals surface area contributed by atoms with Crippen molar-refractivity contribution in [3.8, 4) is 0 Å². The van der Waals surface area contributed by atoms with Crippen molar-refractivity contribution in [3.05, 3.63) is 34.9 Å². The Kier molecular flexibility index (Phi) is 5.45. The maximum atomic E-state index is 11.0. The second-order valence-electron chi connectivity index (χ2n) is 4.49. The quantitative estimate of drug-likeness (QED) is 0.822. The van der Waals surface area contributed by atoms with E-state index in [0.717, 1.165) is 5.56 Å². The number of halogens is 1. The summed E-state index contributed by atoms with van der Waals surface area (Å²) < 4.78 is 0. The number of nitrogens with one attached hydrogen (secondary N) is 1. The lowest BCUT2D eigenvalue weighted by Crippen LogP contribution is -2.37. The van der Waals surface area contributed by atoms with Gasteiger partial charge in [-0.05, 0) is 24.0 Å². The molecule has 3 nitrogen and oxygen atoms in total. The molecular weight excluding hydrogens is 238 g/mol. The predicted molar refractivity (Wildman–Crippen MR) is 69.2 cm³/mol. The molecule has 94 valence electrons. The molecule has 0 amide bonds. The van der Waals surface area contributed by atoms with Crippen molar-refractivity contribution in [3.63, 3.8) is 0 Å². The zero-order valence-corrected chi connectivity index (χ0v) is 10.9. The number of carboxylic acids is 1. The molecular formula is C13H18ClNO2. The van der Waals surface area contributed by atoms with Crippen LogP contribution in [-0.2, 0) is 11.3 Å². The molecule has 0 heterocycles. The zero-order valence-electron chi connectivity index (χ0n) is 10.1. The molecule has 1 rings (SSSR count). The Labute approximate surface area is 107 Å². The highest BCUT2D eigenvalue weighted by Gasteiger charge is 2.18. The van der Waals surface area contributed by atoms with E-state index < -0.39 is 12.0 Å². The van der Waals surface area contributed by atoms with Crippen LogP contribution >= 0.6 is 11.6 Å². The van der Waals surface area contributed by atoms with Crippen LogP contribution in [0.15, 0.2) is 24.3 Å². The largest absolute Gasteiger partial charge is 0.480 e. The fraction of sp³-hybridized carbons (Fsp3) is 0.462. The van der Waals surface area contributed by atoms with Gasteiger partial charge in [0, 0.05) is 11.6 Å². The first-order valence-electron chi connectivity index (χ1n) is 5.70. The molecule has 17 heavy (non-hydrogen) atoms. The number of carbonyl (C=O) groups is 1. The molecule has 1 atom stereocenters. The molecule has 0 unspecified atom stereocenters. The SMILES string of the molecule is CC(C)C[C@@H](NCc1ccccc1Cl)C(=O)O. The van der Waals surface area contributed by atoms with Gasteiger partial charge < -0.3 is 10.4 Å². The van der Waals surface area contributed by atoms with E-state index in [0.29, 0.717) is 23.9 Å². The summed E-state index contributed by atoms with van der Waals surface area (Å²) in [5, 5.41) is 12.8. The van der Waals surface area contributed by atoms with Crippen molar-refractivity contribution >= 4 is 17.6 Å². The topological polar surface area (TPSA) is 49.3 Å². The van der Waals surface area contributed by atoms with Crippen LogP contribution in [0.25, 0.3) is 0 Å². The van der Waals surface area contributed by atoms with Crippen LogP contribution in [0.5, 0.6) is 0 Å². The minimum atomic E-state index is -0.814. The highest BCUT2D eigenvalue weighted by Crippen LogP contribution is 2.15. The molecule has 0 saturated carbocycles. The molecule has 4 heteroatoms. The van der Waals surface area contributed by atoms with Crippen molar-refractivity contribution < 1.29 is 9.90 Å². The third-order valence-electron chi connectivity index (χ3n) is 2.50. The number of carboxylic acid groups (broad SMARTS) is 1. The first-order valence-corrected chi connectivity index (χ1v) is 6.08. The average molecular weight is 256 g/mol. The second-order valence-corrected chi connectivity index (χ2v) is 4.90. The van der Waals surface area contributed by atoms with Gasteiger partial charge in [-0.3, -0.25) is 4.79 Å². The highest BCUT2D eigenvalue weighted by atomic mass is 35.5. The van der Waals surface area contributed by atoms with Crippen LogP contribution in [0.2, 0.25) is 5.02 Å². The van der Waals surface area contributed by atoms with E-state index in [4.69, 9.17) is 16.7 Å². The van der Waals surface area contributed by atoms with E-state index in [1.54, 1.807) is 6.07 Å². The van der Waals surface area contributed by atoms with Crippen LogP contribution in [0.3, 0.4) is 0 Å². The summed E-state index contributed by atoms with van der Waals surface area (Å²) in [6.07, 6.45) is 0.611. The van der Waals surface area contributed by atoms with Gasteiger partial charge in [-0.25, -0.2) is 0 Å². The molecule has 0 aromatic heterocycles. The van der Waals surface area contributed by atoms with Gasteiger partial charge in [0.05, 0.1) is 0 Å². The van der Waals surface area contributed by atoms with Crippen LogP contribution in [0, 0.1) is 5.92 Å². The summed E-state index contributed by atoms with van der Waals surface area (Å²) in [4.78, 5) is 11.0. The summed E-state index contributed by atoms with van der Waals surface area (Å²) >= 11 is 6.01. The Bertz CT molecular complexity index is 379. The minimum absolute atomic E-state index is 0.342. The second kappa shape index (κ2) is 6.62. The summed E-state index contributed by atoms with van der Waals surface area (Å²) in [6.45, 7) is 4.49. The monoisotopic (exact) mass is 255 g/mol. The maximum absolute atomic E-state index is 11.0. The van der Waals surface area contributed by atoms with E-state index in [2.05, 4.69) is 5.32 Å². The average Bonchev–Trinajstić information content (AvgIpc) is 2.25. The van der Waals surface area contributed by atoms with Crippen LogP contribution in [0.1, 0.15) is 25.8 Å². The van der Waals surface area contributed by atoms with Crippen molar-refractivity contribution in [2.75, 3.05) is 0 Å². The molecule has 1 aromatic carbocycles. The van der Waals surface area contributed by atoms with Crippen LogP contribution in [0.4, 0.5) is 0 Å². The van der Waals surface area contributed by atoms with E-state index in [1.165, 1.54) is 0 Å². The fourth-order valence-corrected chi connectivity index (χ4v) is 1.82. The molecule has 0 fully saturated rings. The third kappa shape index (κ3) is 4.75. The highest BCUT2D eigenvalue weighted by molar-refractivity contribution is 6.31. The van der Waals surface area contributed by atoms with Gasteiger partial charge >= 0.3 is 5.97 Å². The molecule has 0 aliphatic heterocycles. The van der Waals surface area contributed by atoms with Gasteiger partial charge in [0.25, 0.3) is 0 Å². The first-order chi connectivity index (χ1) is 8.00. The number of hydrogen-bond donors (Lipinski definition) is 2. The number of rotatable bonds is 6. The lowest BCUT2D eigenvalue weighted by Gasteiger charge is -2.16. The Balaban J connectivity index is 2.58. The third-order valence-corrected chi connectivity index (χ3v) is 2.87. The number of hydrogen-bond acceptors (Lipinski definition) is 2.